The SMILES string of the molecule is COc1ccc(CC2CCCN2S(=O)(=O)c2ccccc2C#N)cc1C. The van der Waals surface area contributed by atoms with Gasteiger partial charge >= 0.3 is 0 Å². The number of benzene rings is 2. The third-order valence-electron chi connectivity index (χ3n) is 4.85. The van der Waals surface area contributed by atoms with Crippen LogP contribution >= 0.6 is 0 Å². The maximum Gasteiger partial charge on any atom is 0.244 e. The molecule has 0 amide bonds. The van der Waals surface area contributed by atoms with E-state index in [0.29, 0.717) is 13.0 Å². The summed E-state index contributed by atoms with van der Waals surface area (Å²) in [6, 6.07) is 14.2. The highest BCUT2D eigenvalue weighted by molar-refractivity contribution is 7.89. The van der Waals surface area contributed by atoms with E-state index in [4.69, 9.17) is 4.74 Å². The molecule has 1 atom stereocenters. The monoisotopic (exact) mass is 370 g/mol. The van der Waals surface area contributed by atoms with Gasteiger partial charge in [-0.2, -0.15) is 9.57 Å². The molecule has 0 aliphatic carbocycles. The van der Waals surface area contributed by atoms with Crippen molar-refractivity contribution in [2.75, 3.05) is 13.7 Å². The second kappa shape index (κ2) is 7.48. The van der Waals surface area contributed by atoms with Gasteiger partial charge in [0.15, 0.2) is 0 Å². The van der Waals surface area contributed by atoms with Crippen LogP contribution in [0.25, 0.3) is 0 Å². The molecule has 136 valence electrons. The van der Waals surface area contributed by atoms with Gasteiger partial charge in [0.1, 0.15) is 11.8 Å². The lowest BCUT2D eigenvalue weighted by molar-refractivity contribution is 0.385. The maximum absolute atomic E-state index is 13.1. The second-order valence-corrected chi connectivity index (χ2v) is 8.39. The third-order valence-corrected chi connectivity index (χ3v) is 6.86. The minimum absolute atomic E-state index is 0.0975. The predicted molar refractivity (Wildman–Crippen MR) is 99.5 cm³/mol. The number of rotatable bonds is 5. The predicted octanol–water partition coefficient (Wildman–Crippen LogP) is 3.27. The molecule has 1 fully saturated rings. The lowest BCUT2D eigenvalue weighted by Crippen LogP contribution is -2.37. The van der Waals surface area contributed by atoms with Crippen molar-refractivity contribution in [3.63, 3.8) is 0 Å². The Hall–Kier alpha value is -2.36. The van der Waals surface area contributed by atoms with Crippen LogP contribution in [0.5, 0.6) is 5.75 Å². The van der Waals surface area contributed by atoms with Crippen LogP contribution in [0.4, 0.5) is 0 Å². The van der Waals surface area contributed by atoms with E-state index in [1.807, 2.05) is 31.2 Å². The van der Waals surface area contributed by atoms with Crippen LogP contribution < -0.4 is 4.74 Å². The van der Waals surface area contributed by atoms with E-state index in [1.54, 1.807) is 29.6 Å². The zero-order valence-corrected chi connectivity index (χ0v) is 15.8. The Morgan fingerprint density at radius 3 is 2.73 bits per heavy atom. The fourth-order valence-electron chi connectivity index (χ4n) is 3.58. The van der Waals surface area contributed by atoms with E-state index in [0.717, 1.165) is 29.7 Å². The molecule has 3 rings (SSSR count). The second-order valence-electron chi connectivity index (χ2n) is 6.53. The molecule has 2 aromatic carbocycles. The molecular formula is C20H22N2O3S. The smallest absolute Gasteiger partial charge is 0.244 e. The van der Waals surface area contributed by atoms with Gasteiger partial charge in [0.25, 0.3) is 0 Å². The van der Waals surface area contributed by atoms with Crippen molar-refractivity contribution in [2.45, 2.75) is 37.1 Å². The molecule has 1 heterocycles. The molecule has 0 N–H and O–H groups in total. The lowest BCUT2D eigenvalue weighted by Gasteiger charge is -2.25. The molecule has 0 aromatic heterocycles. The van der Waals surface area contributed by atoms with Gasteiger partial charge in [-0.15, -0.1) is 0 Å². The van der Waals surface area contributed by atoms with Gasteiger partial charge in [0.2, 0.25) is 10.0 Å². The molecule has 26 heavy (non-hydrogen) atoms. The van der Waals surface area contributed by atoms with Gasteiger partial charge in [-0.25, -0.2) is 8.42 Å². The zero-order valence-electron chi connectivity index (χ0n) is 15.0. The van der Waals surface area contributed by atoms with E-state index < -0.39 is 10.0 Å². The molecule has 1 aliphatic heterocycles. The average Bonchev–Trinajstić information content (AvgIpc) is 3.11. The first kappa shape index (κ1) is 18.4. The van der Waals surface area contributed by atoms with Crippen LogP contribution in [0.1, 0.15) is 29.5 Å². The average molecular weight is 370 g/mol. The maximum atomic E-state index is 13.1. The Labute approximate surface area is 154 Å². The first-order valence-electron chi connectivity index (χ1n) is 8.62. The number of ether oxygens (including phenoxy) is 1. The summed E-state index contributed by atoms with van der Waals surface area (Å²) in [5.41, 5.74) is 2.31. The summed E-state index contributed by atoms with van der Waals surface area (Å²) in [4.78, 5) is 0.0975. The molecule has 6 heteroatoms. The quantitative estimate of drug-likeness (QED) is 0.810. The van der Waals surface area contributed by atoms with Crippen molar-refractivity contribution in [2.24, 2.45) is 0 Å². The van der Waals surface area contributed by atoms with Gasteiger partial charge in [-0.3, -0.25) is 0 Å². The highest BCUT2D eigenvalue weighted by Gasteiger charge is 2.36. The molecule has 0 saturated carbocycles. The number of sulfonamides is 1. The number of aryl methyl sites for hydroxylation is 1. The molecule has 0 radical (unpaired) electrons. The number of nitriles is 1. The number of nitrogens with zero attached hydrogens (tertiary/aromatic N) is 2. The number of methoxy groups -OCH3 is 1. The number of hydrogen-bond acceptors (Lipinski definition) is 4. The third kappa shape index (κ3) is 3.46. The molecule has 1 aliphatic rings. The topological polar surface area (TPSA) is 70.4 Å². The van der Waals surface area contributed by atoms with Crippen LogP contribution in [-0.2, 0) is 16.4 Å². The summed E-state index contributed by atoms with van der Waals surface area (Å²) >= 11 is 0. The van der Waals surface area contributed by atoms with Crippen molar-refractivity contribution in [3.8, 4) is 11.8 Å². The Morgan fingerprint density at radius 1 is 1.27 bits per heavy atom. The summed E-state index contributed by atoms with van der Waals surface area (Å²) in [6.07, 6.45) is 2.30. The molecule has 2 aromatic rings. The van der Waals surface area contributed by atoms with Crippen molar-refractivity contribution >= 4 is 10.0 Å². The summed E-state index contributed by atoms with van der Waals surface area (Å²) in [5, 5.41) is 9.26. The summed E-state index contributed by atoms with van der Waals surface area (Å²) in [5.74, 6) is 0.826. The fraction of sp³-hybridized carbons (Fsp3) is 0.350. The van der Waals surface area contributed by atoms with Gasteiger partial charge in [-0.1, -0.05) is 24.3 Å². The fourth-order valence-corrected chi connectivity index (χ4v) is 5.42. The minimum atomic E-state index is -3.69. The molecule has 1 unspecified atom stereocenters. The Bertz CT molecular complexity index is 948. The Balaban J connectivity index is 1.88. The van der Waals surface area contributed by atoms with E-state index in [2.05, 4.69) is 0 Å². The highest BCUT2D eigenvalue weighted by Crippen LogP contribution is 2.30. The van der Waals surface area contributed by atoms with Gasteiger partial charge in [-0.05, 0) is 55.5 Å². The summed E-state index contributed by atoms with van der Waals surface area (Å²) < 4.78 is 33.1. The van der Waals surface area contributed by atoms with Crippen LogP contribution in [0, 0.1) is 18.3 Å². The van der Waals surface area contributed by atoms with E-state index in [9.17, 15) is 13.7 Å². The normalized spacial score (nSPS) is 17.8. The van der Waals surface area contributed by atoms with Gasteiger partial charge < -0.3 is 4.74 Å². The van der Waals surface area contributed by atoms with Crippen LogP contribution in [0.2, 0.25) is 0 Å². The van der Waals surface area contributed by atoms with Gasteiger partial charge in [0, 0.05) is 12.6 Å². The van der Waals surface area contributed by atoms with Crippen LogP contribution in [0.15, 0.2) is 47.4 Å². The molecule has 1 saturated heterocycles. The highest BCUT2D eigenvalue weighted by atomic mass is 32.2. The largest absolute Gasteiger partial charge is 0.496 e. The van der Waals surface area contributed by atoms with Crippen molar-refractivity contribution in [1.82, 2.24) is 4.31 Å². The standard InChI is InChI=1S/C20H22N2O3S/c1-15-12-16(9-10-19(15)25-2)13-18-7-5-11-22(18)26(23,24)20-8-4-3-6-17(20)14-21/h3-4,6,8-10,12,18H,5,7,11,13H2,1-2H3. The van der Waals surface area contributed by atoms with E-state index in [1.165, 1.54) is 6.07 Å². The molecule has 0 bridgehead atoms. The van der Waals surface area contributed by atoms with E-state index in [-0.39, 0.29) is 16.5 Å². The number of hydrogen-bond donors (Lipinski definition) is 0. The van der Waals surface area contributed by atoms with Crippen molar-refractivity contribution in [3.05, 3.63) is 59.2 Å². The Morgan fingerprint density at radius 2 is 2.04 bits per heavy atom. The van der Waals surface area contributed by atoms with E-state index >= 15 is 0 Å². The van der Waals surface area contributed by atoms with Crippen LogP contribution in [0.3, 0.4) is 0 Å². The molecule has 5 nitrogen and oxygen atoms in total. The van der Waals surface area contributed by atoms with Crippen molar-refractivity contribution < 1.29 is 13.2 Å². The summed E-state index contributed by atoms with van der Waals surface area (Å²) in [7, 11) is -2.05. The van der Waals surface area contributed by atoms with Crippen LogP contribution in [-0.4, -0.2) is 32.4 Å². The molecular weight excluding hydrogens is 348 g/mol. The first-order valence-corrected chi connectivity index (χ1v) is 10.1. The first-order chi connectivity index (χ1) is 12.5. The zero-order chi connectivity index (χ0) is 18.7. The Kier molecular flexibility index (Phi) is 5.30. The lowest BCUT2D eigenvalue weighted by atomic mass is 10.0. The van der Waals surface area contributed by atoms with Gasteiger partial charge in [0.05, 0.1) is 17.6 Å². The molecule has 0 spiro atoms. The van der Waals surface area contributed by atoms with Crippen molar-refractivity contribution in [1.29, 1.82) is 5.26 Å². The summed E-state index contributed by atoms with van der Waals surface area (Å²) in [6.45, 7) is 2.47. The minimum Gasteiger partial charge on any atom is -0.496 e.